The maximum Gasteiger partial charge on any atom is 0.317 e. The van der Waals surface area contributed by atoms with Gasteiger partial charge < -0.3 is 20.3 Å². The molecule has 114 valence electrons. The number of ether oxygens (including phenoxy) is 1. The van der Waals surface area contributed by atoms with Crippen LogP contribution in [0.4, 0.5) is 0 Å². The van der Waals surface area contributed by atoms with E-state index in [0.717, 1.165) is 12.8 Å². The van der Waals surface area contributed by atoms with E-state index in [-0.39, 0.29) is 38.1 Å². The first-order chi connectivity index (χ1) is 9.47. The molecule has 0 aliphatic carbocycles. The van der Waals surface area contributed by atoms with Crippen molar-refractivity contribution in [1.29, 1.82) is 0 Å². The molecule has 3 N–H and O–H groups in total. The van der Waals surface area contributed by atoms with Crippen LogP contribution in [0.5, 0.6) is 0 Å². The van der Waals surface area contributed by atoms with Gasteiger partial charge >= 0.3 is 11.9 Å². The number of aliphatic carboxylic acids is 2. The Labute approximate surface area is 116 Å². The zero-order chi connectivity index (χ0) is 15.0. The molecule has 8 nitrogen and oxygen atoms in total. The van der Waals surface area contributed by atoms with Crippen molar-refractivity contribution in [3.05, 3.63) is 0 Å². The average Bonchev–Trinajstić information content (AvgIpc) is 2.86. The molecule has 8 heteroatoms. The standard InChI is InChI=1S/C12H20N2O6/c15-10(13-6-9-2-1-5-20-9)7-14(8-12(18)19)4-3-11(16)17/h9H,1-8H2,(H,13,15)(H,16,17)(H,18,19). The van der Waals surface area contributed by atoms with E-state index >= 15 is 0 Å². The first-order valence-electron chi connectivity index (χ1n) is 6.51. The molecule has 1 rings (SSSR count). The molecule has 1 heterocycles. The summed E-state index contributed by atoms with van der Waals surface area (Å²) in [5.74, 6) is -2.45. The zero-order valence-corrected chi connectivity index (χ0v) is 11.2. The number of hydrogen-bond donors (Lipinski definition) is 3. The number of carbonyl (C=O) groups is 3. The number of carboxylic acid groups (broad SMARTS) is 2. The quantitative estimate of drug-likeness (QED) is 0.505. The molecular formula is C12H20N2O6. The third kappa shape index (κ3) is 7.05. The van der Waals surface area contributed by atoms with Crippen LogP contribution < -0.4 is 5.32 Å². The number of nitrogens with zero attached hydrogens (tertiary/aromatic N) is 1. The summed E-state index contributed by atoms with van der Waals surface area (Å²) in [5, 5.41) is 20.0. The highest BCUT2D eigenvalue weighted by atomic mass is 16.5. The van der Waals surface area contributed by atoms with Gasteiger partial charge in [0.1, 0.15) is 0 Å². The predicted octanol–water partition coefficient (Wildman–Crippen LogP) is -0.857. The minimum atomic E-state index is -1.10. The van der Waals surface area contributed by atoms with Crippen molar-refractivity contribution >= 4 is 17.8 Å². The van der Waals surface area contributed by atoms with Gasteiger partial charge in [-0.25, -0.2) is 0 Å². The van der Waals surface area contributed by atoms with E-state index in [2.05, 4.69) is 5.32 Å². The number of nitrogens with one attached hydrogen (secondary N) is 1. The molecule has 1 atom stereocenters. The highest BCUT2D eigenvalue weighted by Crippen LogP contribution is 2.10. The van der Waals surface area contributed by atoms with Gasteiger partial charge in [-0.15, -0.1) is 0 Å². The molecule has 0 radical (unpaired) electrons. The van der Waals surface area contributed by atoms with Crippen LogP contribution in [-0.4, -0.2) is 71.8 Å². The molecule has 0 aromatic rings. The number of rotatable bonds is 9. The predicted molar refractivity (Wildman–Crippen MR) is 68.3 cm³/mol. The van der Waals surface area contributed by atoms with Gasteiger partial charge in [0.15, 0.2) is 0 Å². The van der Waals surface area contributed by atoms with Crippen molar-refractivity contribution < 1.29 is 29.3 Å². The number of carboxylic acids is 2. The highest BCUT2D eigenvalue weighted by molar-refractivity contribution is 5.79. The van der Waals surface area contributed by atoms with Crippen LogP contribution in [0.3, 0.4) is 0 Å². The van der Waals surface area contributed by atoms with Crippen LogP contribution in [0.2, 0.25) is 0 Å². The molecule has 0 aromatic heterocycles. The summed E-state index contributed by atoms with van der Waals surface area (Å²) >= 11 is 0. The lowest BCUT2D eigenvalue weighted by Gasteiger charge is -2.19. The molecule has 0 bridgehead atoms. The van der Waals surface area contributed by atoms with Crippen molar-refractivity contribution in [2.24, 2.45) is 0 Å². The summed E-state index contributed by atoms with van der Waals surface area (Å²) in [7, 11) is 0. The zero-order valence-electron chi connectivity index (χ0n) is 11.2. The van der Waals surface area contributed by atoms with E-state index in [1.165, 1.54) is 4.90 Å². The first-order valence-corrected chi connectivity index (χ1v) is 6.51. The van der Waals surface area contributed by atoms with E-state index < -0.39 is 11.9 Å². The third-order valence-corrected chi connectivity index (χ3v) is 2.92. The van der Waals surface area contributed by atoms with Crippen LogP contribution >= 0.6 is 0 Å². The minimum Gasteiger partial charge on any atom is -0.481 e. The Bertz CT molecular complexity index is 354. The van der Waals surface area contributed by atoms with Crippen LogP contribution in [-0.2, 0) is 19.1 Å². The maximum absolute atomic E-state index is 11.7. The summed E-state index contributed by atoms with van der Waals surface area (Å²) in [6.45, 7) is 0.630. The Balaban J connectivity index is 2.31. The molecule has 0 aromatic carbocycles. The van der Waals surface area contributed by atoms with Crippen molar-refractivity contribution in [3.8, 4) is 0 Å². The van der Waals surface area contributed by atoms with Gasteiger partial charge in [0.2, 0.25) is 5.91 Å². The fraction of sp³-hybridized carbons (Fsp3) is 0.750. The van der Waals surface area contributed by atoms with Crippen molar-refractivity contribution in [2.45, 2.75) is 25.4 Å². The summed E-state index contributed by atoms with van der Waals surface area (Å²) < 4.78 is 5.35. The van der Waals surface area contributed by atoms with Crippen LogP contribution in [0.15, 0.2) is 0 Å². The van der Waals surface area contributed by atoms with Crippen molar-refractivity contribution in [1.82, 2.24) is 10.2 Å². The highest BCUT2D eigenvalue weighted by Gasteiger charge is 2.18. The molecule has 1 amide bonds. The normalized spacial score (nSPS) is 18.1. The molecular weight excluding hydrogens is 268 g/mol. The van der Waals surface area contributed by atoms with E-state index in [4.69, 9.17) is 14.9 Å². The summed E-state index contributed by atoms with van der Waals surface area (Å²) in [5.41, 5.74) is 0. The fourth-order valence-corrected chi connectivity index (χ4v) is 1.95. The van der Waals surface area contributed by atoms with Crippen LogP contribution in [0.1, 0.15) is 19.3 Å². The molecule has 0 saturated carbocycles. The molecule has 0 spiro atoms. The van der Waals surface area contributed by atoms with E-state index in [1.807, 2.05) is 0 Å². The summed E-state index contributed by atoms with van der Waals surface area (Å²) in [4.78, 5) is 34.1. The van der Waals surface area contributed by atoms with Gasteiger partial charge in [-0.2, -0.15) is 0 Å². The van der Waals surface area contributed by atoms with Gasteiger partial charge in [-0.05, 0) is 12.8 Å². The first kappa shape index (κ1) is 16.4. The Hall–Kier alpha value is -1.67. The van der Waals surface area contributed by atoms with Gasteiger partial charge in [-0.1, -0.05) is 0 Å². The monoisotopic (exact) mass is 288 g/mol. The second-order valence-electron chi connectivity index (χ2n) is 4.69. The van der Waals surface area contributed by atoms with Gasteiger partial charge in [0.05, 0.1) is 25.6 Å². The molecule has 1 fully saturated rings. The van der Waals surface area contributed by atoms with Gasteiger partial charge in [-0.3, -0.25) is 19.3 Å². The molecule has 1 aliphatic heterocycles. The number of hydrogen-bond acceptors (Lipinski definition) is 5. The lowest BCUT2D eigenvalue weighted by Crippen LogP contribution is -2.42. The molecule has 1 unspecified atom stereocenters. The van der Waals surface area contributed by atoms with Crippen molar-refractivity contribution in [2.75, 3.05) is 32.8 Å². The van der Waals surface area contributed by atoms with Gasteiger partial charge in [0, 0.05) is 19.7 Å². The minimum absolute atomic E-state index is 0.0193. The Morgan fingerprint density at radius 1 is 1.20 bits per heavy atom. The molecule has 20 heavy (non-hydrogen) atoms. The SMILES string of the molecule is O=C(O)CCN(CC(=O)O)CC(=O)NCC1CCCO1. The Morgan fingerprint density at radius 2 is 1.95 bits per heavy atom. The van der Waals surface area contributed by atoms with E-state index in [0.29, 0.717) is 13.2 Å². The number of amides is 1. The van der Waals surface area contributed by atoms with Crippen LogP contribution in [0.25, 0.3) is 0 Å². The smallest absolute Gasteiger partial charge is 0.317 e. The molecule has 1 saturated heterocycles. The third-order valence-electron chi connectivity index (χ3n) is 2.92. The van der Waals surface area contributed by atoms with E-state index in [1.54, 1.807) is 0 Å². The summed E-state index contributed by atoms with van der Waals surface area (Å²) in [6.07, 6.45) is 1.69. The largest absolute Gasteiger partial charge is 0.481 e. The molecule has 1 aliphatic rings. The summed E-state index contributed by atoms with van der Waals surface area (Å²) in [6, 6.07) is 0. The van der Waals surface area contributed by atoms with Crippen LogP contribution in [0, 0.1) is 0 Å². The van der Waals surface area contributed by atoms with Crippen molar-refractivity contribution in [3.63, 3.8) is 0 Å². The lowest BCUT2D eigenvalue weighted by atomic mass is 10.2. The number of carbonyl (C=O) groups excluding carboxylic acids is 1. The Kier molecular flexibility index (Phi) is 6.96. The topological polar surface area (TPSA) is 116 Å². The lowest BCUT2D eigenvalue weighted by molar-refractivity contribution is -0.141. The Morgan fingerprint density at radius 3 is 2.50 bits per heavy atom. The fourth-order valence-electron chi connectivity index (χ4n) is 1.95. The maximum atomic E-state index is 11.7. The van der Waals surface area contributed by atoms with Gasteiger partial charge in [0.25, 0.3) is 0 Å². The average molecular weight is 288 g/mol. The second kappa shape index (κ2) is 8.49. The van der Waals surface area contributed by atoms with E-state index in [9.17, 15) is 14.4 Å². The second-order valence-corrected chi connectivity index (χ2v) is 4.69.